The van der Waals surface area contributed by atoms with Crippen molar-refractivity contribution in [2.45, 2.75) is 39.5 Å². The van der Waals surface area contributed by atoms with Crippen molar-refractivity contribution in [2.24, 2.45) is 0 Å². The Morgan fingerprint density at radius 2 is 1.19 bits per heavy atom. The first-order valence-electron chi connectivity index (χ1n) is 9.79. The van der Waals surface area contributed by atoms with Crippen LogP contribution in [0.3, 0.4) is 0 Å². The standard InChI is InChI=1S/C22H38N4P/c1-17(2)20-12-11-13-21(18(3)4)22(20)26-15-14-19(16-26)27(23(5)6,24(7)8)25(9)10/h11-18H,1-10H3/q+1. The van der Waals surface area contributed by atoms with Crippen molar-refractivity contribution >= 4 is 13.0 Å². The lowest BCUT2D eigenvalue weighted by atomic mass is 9.92. The lowest BCUT2D eigenvalue weighted by Crippen LogP contribution is -2.42. The van der Waals surface area contributed by atoms with Gasteiger partial charge in [-0.3, -0.25) is 0 Å². The third kappa shape index (κ3) is 3.86. The van der Waals surface area contributed by atoms with Gasteiger partial charge in [-0.1, -0.05) is 45.9 Å². The molecule has 0 saturated carbocycles. The van der Waals surface area contributed by atoms with Crippen molar-refractivity contribution < 1.29 is 0 Å². The largest absolute Gasteiger partial charge is 0.319 e. The maximum Gasteiger partial charge on any atom is 0.262 e. The lowest BCUT2D eigenvalue weighted by Gasteiger charge is -2.39. The topological polar surface area (TPSA) is 14.7 Å². The average molecular weight is 390 g/mol. The molecule has 1 aromatic heterocycles. The smallest absolute Gasteiger partial charge is 0.262 e. The number of para-hydroxylation sites is 1. The number of hydrogen-bond donors (Lipinski definition) is 0. The molecule has 0 aliphatic carbocycles. The van der Waals surface area contributed by atoms with Crippen LogP contribution in [0.1, 0.15) is 50.7 Å². The molecule has 0 saturated heterocycles. The number of aromatic nitrogens is 1. The van der Waals surface area contributed by atoms with Crippen LogP contribution < -0.4 is 5.30 Å². The second-order valence-electron chi connectivity index (χ2n) is 8.48. The van der Waals surface area contributed by atoms with Crippen molar-refractivity contribution in [3.8, 4) is 5.69 Å². The minimum Gasteiger partial charge on any atom is -0.319 e. The van der Waals surface area contributed by atoms with E-state index in [9.17, 15) is 0 Å². The van der Waals surface area contributed by atoms with Gasteiger partial charge in [0, 0.05) is 54.5 Å². The highest BCUT2D eigenvalue weighted by molar-refractivity contribution is 7.76. The molecular formula is C22H38N4P+. The molecule has 4 nitrogen and oxygen atoms in total. The van der Waals surface area contributed by atoms with Crippen molar-refractivity contribution in [3.05, 3.63) is 47.8 Å². The van der Waals surface area contributed by atoms with Crippen LogP contribution in [0.25, 0.3) is 5.69 Å². The van der Waals surface area contributed by atoms with Gasteiger partial charge in [-0.25, -0.2) is 0 Å². The molecule has 2 aromatic rings. The van der Waals surface area contributed by atoms with Gasteiger partial charge in [0.15, 0.2) is 5.30 Å². The third-order valence-electron chi connectivity index (χ3n) is 5.30. The average Bonchev–Trinajstić information content (AvgIpc) is 3.03. The first-order chi connectivity index (χ1) is 12.5. The monoisotopic (exact) mass is 389 g/mol. The predicted molar refractivity (Wildman–Crippen MR) is 122 cm³/mol. The van der Waals surface area contributed by atoms with E-state index in [1.165, 1.54) is 22.1 Å². The van der Waals surface area contributed by atoms with Crippen LogP contribution in [-0.4, -0.2) is 60.9 Å². The zero-order valence-electron chi connectivity index (χ0n) is 18.9. The summed E-state index contributed by atoms with van der Waals surface area (Å²) in [5.74, 6) is 0.973. The van der Waals surface area contributed by atoms with Crippen LogP contribution in [0.15, 0.2) is 36.7 Å². The Balaban J connectivity index is 2.72. The highest BCUT2D eigenvalue weighted by Crippen LogP contribution is 2.62. The number of hydrogen-bond acceptors (Lipinski definition) is 3. The van der Waals surface area contributed by atoms with E-state index in [-0.39, 0.29) is 0 Å². The second kappa shape index (κ2) is 8.45. The summed E-state index contributed by atoms with van der Waals surface area (Å²) < 4.78 is 9.49. The molecule has 0 aliphatic heterocycles. The first-order valence-corrected chi connectivity index (χ1v) is 11.4. The molecule has 0 atom stereocenters. The predicted octanol–water partition coefficient (Wildman–Crippen LogP) is 4.80. The Morgan fingerprint density at radius 3 is 1.56 bits per heavy atom. The summed E-state index contributed by atoms with van der Waals surface area (Å²) in [6.07, 6.45) is 4.59. The van der Waals surface area contributed by atoms with Crippen LogP contribution in [0.2, 0.25) is 0 Å². The quantitative estimate of drug-likeness (QED) is 0.633. The molecule has 0 amide bonds. The summed E-state index contributed by atoms with van der Waals surface area (Å²) in [4.78, 5) is 0. The highest BCUT2D eigenvalue weighted by Gasteiger charge is 2.50. The van der Waals surface area contributed by atoms with Gasteiger partial charge >= 0.3 is 0 Å². The summed E-state index contributed by atoms with van der Waals surface area (Å²) in [6, 6.07) is 9.06. The van der Waals surface area contributed by atoms with E-state index < -0.39 is 7.71 Å². The van der Waals surface area contributed by atoms with Crippen molar-refractivity contribution in [1.82, 2.24) is 18.6 Å². The SMILES string of the molecule is CC(C)c1cccc(C(C)C)c1-n1ccc([P+](N(C)C)(N(C)C)N(C)C)c1. The van der Waals surface area contributed by atoms with E-state index in [4.69, 9.17) is 0 Å². The highest BCUT2D eigenvalue weighted by atomic mass is 31.2. The van der Waals surface area contributed by atoms with Crippen LogP contribution in [0.5, 0.6) is 0 Å². The van der Waals surface area contributed by atoms with E-state index in [1.807, 2.05) is 0 Å². The second-order valence-corrected chi connectivity index (χ2v) is 12.5. The molecule has 0 N–H and O–H groups in total. The minimum absolute atomic E-state index is 0.487. The van der Waals surface area contributed by atoms with Gasteiger partial charge in [-0.2, -0.15) is 14.0 Å². The van der Waals surface area contributed by atoms with Crippen LogP contribution >= 0.6 is 7.71 Å². The molecule has 0 spiro atoms. The van der Waals surface area contributed by atoms with Crippen molar-refractivity contribution in [3.63, 3.8) is 0 Å². The van der Waals surface area contributed by atoms with Gasteiger partial charge in [0.2, 0.25) is 0 Å². The van der Waals surface area contributed by atoms with E-state index in [0.29, 0.717) is 11.8 Å². The van der Waals surface area contributed by atoms with Crippen LogP contribution in [-0.2, 0) is 0 Å². The zero-order chi connectivity index (χ0) is 20.5. The molecule has 0 radical (unpaired) electrons. The van der Waals surface area contributed by atoms with Gasteiger partial charge < -0.3 is 4.57 Å². The van der Waals surface area contributed by atoms with E-state index in [1.54, 1.807) is 0 Å². The Hall–Kier alpha value is -1.19. The summed E-state index contributed by atoms with van der Waals surface area (Å²) in [7, 11) is 11.4. The van der Waals surface area contributed by atoms with Gasteiger partial charge in [-0.15, -0.1) is 0 Å². The molecule has 5 heteroatoms. The van der Waals surface area contributed by atoms with E-state index >= 15 is 0 Å². The van der Waals surface area contributed by atoms with Crippen LogP contribution in [0, 0.1) is 0 Å². The summed E-state index contributed by atoms with van der Waals surface area (Å²) in [5.41, 5.74) is 4.17. The summed E-state index contributed by atoms with van der Waals surface area (Å²) in [6.45, 7) is 9.13. The van der Waals surface area contributed by atoms with Crippen molar-refractivity contribution in [2.75, 3.05) is 42.3 Å². The van der Waals surface area contributed by atoms with E-state index in [0.717, 1.165) is 0 Å². The number of benzene rings is 1. The Bertz CT molecular complexity index is 711. The Morgan fingerprint density at radius 1 is 0.741 bits per heavy atom. The first kappa shape index (κ1) is 22.1. The third-order valence-corrected chi connectivity index (χ3v) is 9.60. The molecule has 0 bridgehead atoms. The number of rotatable bonds is 7. The lowest BCUT2D eigenvalue weighted by molar-refractivity contribution is 0.473. The van der Waals surface area contributed by atoms with E-state index in [2.05, 4.69) is 125 Å². The molecular weight excluding hydrogens is 351 g/mol. The Labute approximate surface area is 167 Å². The maximum atomic E-state index is 2.38. The fourth-order valence-corrected chi connectivity index (χ4v) is 8.36. The summed E-state index contributed by atoms with van der Waals surface area (Å²) >= 11 is 0. The van der Waals surface area contributed by atoms with Crippen LogP contribution in [0.4, 0.5) is 0 Å². The van der Waals surface area contributed by atoms with Gasteiger partial charge in [-0.05, 0) is 23.0 Å². The normalized spacial score (nSPS) is 13.0. The molecule has 150 valence electrons. The molecule has 1 heterocycles. The molecule has 0 aliphatic rings. The van der Waals surface area contributed by atoms with Gasteiger partial charge in [0.05, 0.1) is 11.9 Å². The fourth-order valence-electron chi connectivity index (χ4n) is 4.28. The van der Waals surface area contributed by atoms with Gasteiger partial charge in [0.1, 0.15) is 0 Å². The molecule has 1 aromatic carbocycles. The summed E-state index contributed by atoms with van der Waals surface area (Å²) in [5, 5.41) is 1.37. The zero-order valence-corrected chi connectivity index (χ0v) is 19.7. The Kier molecular flexibility index (Phi) is 6.91. The molecule has 2 rings (SSSR count). The fraction of sp³-hybridized carbons (Fsp3) is 0.545. The molecule has 0 unspecified atom stereocenters. The molecule has 27 heavy (non-hydrogen) atoms. The van der Waals surface area contributed by atoms with Gasteiger partial charge in [0.25, 0.3) is 7.71 Å². The number of nitrogens with zero attached hydrogens (tertiary/aromatic N) is 4. The molecule has 0 fully saturated rings. The van der Waals surface area contributed by atoms with Crippen molar-refractivity contribution in [1.29, 1.82) is 0 Å². The minimum atomic E-state index is -1.76. The maximum absolute atomic E-state index is 2.38.